The van der Waals surface area contributed by atoms with Gasteiger partial charge in [-0.3, -0.25) is 9.59 Å². The van der Waals surface area contributed by atoms with Crippen LogP contribution in [0.3, 0.4) is 0 Å². The summed E-state index contributed by atoms with van der Waals surface area (Å²) in [5.41, 5.74) is 4.31. The molecule has 4 rings (SSSR count). The van der Waals surface area contributed by atoms with Crippen LogP contribution in [0.1, 0.15) is 34.3 Å². The molecular weight excluding hydrogens is 306 g/mol. The lowest BCUT2D eigenvalue weighted by atomic mass is 9.85. The molecule has 5 heteroatoms. The lowest BCUT2D eigenvalue weighted by Crippen LogP contribution is -2.30. The summed E-state index contributed by atoms with van der Waals surface area (Å²) in [6, 6.07) is 5.48. The first-order chi connectivity index (χ1) is 11.6. The molecule has 1 aliphatic carbocycles. The summed E-state index contributed by atoms with van der Waals surface area (Å²) >= 11 is 0. The van der Waals surface area contributed by atoms with Gasteiger partial charge in [0, 0.05) is 30.2 Å². The minimum atomic E-state index is -0.0288. The number of carbonyl (C=O) groups excluding carboxylic acids is 1. The molecule has 0 amide bonds. The highest BCUT2D eigenvalue weighted by atomic mass is 16.5. The van der Waals surface area contributed by atoms with Crippen LogP contribution in [0.2, 0.25) is 0 Å². The number of hydrogen-bond acceptors (Lipinski definition) is 4. The number of pyridine rings is 1. The fourth-order valence-electron chi connectivity index (χ4n) is 3.85. The smallest absolute Gasteiger partial charge is 0.251 e. The third kappa shape index (κ3) is 2.08. The van der Waals surface area contributed by atoms with E-state index in [0.717, 1.165) is 41.6 Å². The SMILES string of the molecule is COc1cc2c(cc1OC)-c1c3c(cc(=O)n1CC2)CCCC3=O. The number of aromatic nitrogens is 1. The zero-order valence-corrected chi connectivity index (χ0v) is 13.8. The Morgan fingerprint density at radius 2 is 1.67 bits per heavy atom. The Hall–Kier alpha value is -2.56. The van der Waals surface area contributed by atoms with E-state index in [-0.39, 0.29) is 11.3 Å². The first kappa shape index (κ1) is 15.0. The summed E-state index contributed by atoms with van der Waals surface area (Å²) in [6.07, 6.45) is 2.87. The lowest BCUT2D eigenvalue weighted by molar-refractivity contribution is 0.0972. The molecule has 1 aliphatic heterocycles. The van der Waals surface area contributed by atoms with Gasteiger partial charge in [0.25, 0.3) is 5.56 Å². The monoisotopic (exact) mass is 325 g/mol. The van der Waals surface area contributed by atoms with Gasteiger partial charge in [0.2, 0.25) is 0 Å². The Morgan fingerprint density at radius 1 is 0.917 bits per heavy atom. The van der Waals surface area contributed by atoms with E-state index in [1.165, 1.54) is 0 Å². The van der Waals surface area contributed by atoms with Gasteiger partial charge < -0.3 is 14.0 Å². The number of methoxy groups -OCH3 is 2. The standard InChI is InChI=1S/C19H19NO4/c1-23-15-8-11-6-7-20-17(22)9-12-4-3-5-14(21)18(12)19(20)13(11)10-16(15)24-2/h8-10H,3-7H2,1-2H3. The van der Waals surface area contributed by atoms with Gasteiger partial charge in [-0.2, -0.15) is 0 Å². The van der Waals surface area contributed by atoms with Crippen molar-refractivity contribution in [3.8, 4) is 22.8 Å². The largest absolute Gasteiger partial charge is 0.493 e. The Kier molecular flexibility index (Phi) is 3.44. The van der Waals surface area contributed by atoms with Crippen LogP contribution >= 0.6 is 0 Å². The first-order valence-corrected chi connectivity index (χ1v) is 8.19. The summed E-state index contributed by atoms with van der Waals surface area (Å²) in [6.45, 7) is 0.581. The average molecular weight is 325 g/mol. The van der Waals surface area contributed by atoms with Crippen LogP contribution in [0.4, 0.5) is 0 Å². The summed E-state index contributed by atoms with van der Waals surface area (Å²) in [4.78, 5) is 25.1. The molecule has 0 atom stereocenters. The van der Waals surface area contributed by atoms with E-state index < -0.39 is 0 Å². The molecule has 0 unspecified atom stereocenters. The summed E-state index contributed by atoms with van der Waals surface area (Å²) in [5.74, 6) is 1.41. The van der Waals surface area contributed by atoms with E-state index in [9.17, 15) is 9.59 Å². The van der Waals surface area contributed by atoms with E-state index in [1.807, 2.05) is 12.1 Å². The van der Waals surface area contributed by atoms with Crippen molar-refractivity contribution in [2.75, 3.05) is 14.2 Å². The van der Waals surface area contributed by atoms with Crippen molar-refractivity contribution in [3.05, 3.63) is 45.2 Å². The molecule has 1 aromatic carbocycles. The third-order valence-corrected chi connectivity index (χ3v) is 4.99. The van der Waals surface area contributed by atoms with Gasteiger partial charge >= 0.3 is 0 Å². The molecule has 1 aromatic heterocycles. The zero-order chi connectivity index (χ0) is 16.8. The number of rotatable bonds is 2. The van der Waals surface area contributed by atoms with E-state index in [1.54, 1.807) is 24.9 Å². The molecule has 2 aliphatic rings. The number of ether oxygens (including phenoxy) is 2. The number of Topliss-reactive ketones (excluding diaryl/α,β-unsaturated/α-hetero) is 1. The van der Waals surface area contributed by atoms with Crippen molar-refractivity contribution >= 4 is 5.78 Å². The second-order valence-electron chi connectivity index (χ2n) is 6.27. The first-order valence-electron chi connectivity index (χ1n) is 8.19. The minimum absolute atomic E-state index is 0.0288. The topological polar surface area (TPSA) is 57.5 Å². The number of ketones is 1. The van der Waals surface area contributed by atoms with E-state index >= 15 is 0 Å². The highest BCUT2D eigenvalue weighted by Crippen LogP contribution is 2.40. The van der Waals surface area contributed by atoms with Crippen molar-refractivity contribution in [2.24, 2.45) is 0 Å². The number of fused-ring (bicyclic) bond motifs is 5. The number of aryl methyl sites for hydroxylation is 2. The van der Waals surface area contributed by atoms with Crippen molar-refractivity contribution in [2.45, 2.75) is 32.2 Å². The van der Waals surface area contributed by atoms with Gasteiger partial charge in [-0.25, -0.2) is 0 Å². The van der Waals surface area contributed by atoms with Crippen LogP contribution in [0.25, 0.3) is 11.3 Å². The normalized spacial score (nSPS) is 15.3. The van der Waals surface area contributed by atoms with E-state index in [2.05, 4.69) is 0 Å². The third-order valence-electron chi connectivity index (χ3n) is 4.99. The van der Waals surface area contributed by atoms with Gasteiger partial charge in [-0.15, -0.1) is 0 Å². The molecule has 0 saturated heterocycles. The van der Waals surface area contributed by atoms with Crippen molar-refractivity contribution in [1.82, 2.24) is 4.57 Å². The molecule has 0 fully saturated rings. The van der Waals surface area contributed by atoms with Gasteiger partial charge in [-0.1, -0.05) is 0 Å². The van der Waals surface area contributed by atoms with Crippen molar-refractivity contribution < 1.29 is 14.3 Å². The highest BCUT2D eigenvalue weighted by Gasteiger charge is 2.29. The number of hydrogen-bond donors (Lipinski definition) is 0. The van der Waals surface area contributed by atoms with Crippen molar-refractivity contribution in [1.29, 1.82) is 0 Å². The second kappa shape index (κ2) is 5.51. The molecule has 24 heavy (non-hydrogen) atoms. The molecule has 124 valence electrons. The summed E-state index contributed by atoms with van der Waals surface area (Å²) < 4.78 is 12.5. The molecule has 0 bridgehead atoms. The quantitative estimate of drug-likeness (QED) is 0.852. The Balaban J connectivity index is 2.06. The Morgan fingerprint density at radius 3 is 2.42 bits per heavy atom. The second-order valence-corrected chi connectivity index (χ2v) is 6.27. The molecule has 0 spiro atoms. The minimum Gasteiger partial charge on any atom is -0.493 e. The number of benzene rings is 1. The molecule has 2 aromatic rings. The van der Waals surface area contributed by atoms with E-state index in [0.29, 0.717) is 30.0 Å². The van der Waals surface area contributed by atoms with Gasteiger partial charge in [0.15, 0.2) is 17.3 Å². The van der Waals surface area contributed by atoms with E-state index in [4.69, 9.17) is 9.47 Å². The van der Waals surface area contributed by atoms with Crippen LogP contribution in [-0.4, -0.2) is 24.6 Å². The maximum absolute atomic E-state index is 12.6. The maximum atomic E-state index is 12.6. The molecule has 0 saturated carbocycles. The fraction of sp³-hybridized carbons (Fsp3) is 0.368. The van der Waals surface area contributed by atoms with Gasteiger partial charge in [-0.05, 0) is 42.5 Å². The maximum Gasteiger partial charge on any atom is 0.251 e. The predicted octanol–water partition coefficient (Wildman–Crippen LogP) is 2.61. The average Bonchev–Trinajstić information content (AvgIpc) is 2.60. The van der Waals surface area contributed by atoms with Crippen LogP contribution in [0, 0.1) is 0 Å². The molecule has 0 radical (unpaired) electrons. The Labute approximate surface area is 139 Å². The Bertz CT molecular complexity index is 911. The molecule has 0 N–H and O–H groups in total. The highest BCUT2D eigenvalue weighted by molar-refractivity contribution is 6.04. The van der Waals surface area contributed by atoms with Gasteiger partial charge in [0.05, 0.1) is 19.9 Å². The van der Waals surface area contributed by atoms with Crippen molar-refractivity contribution in [3.63, 3.8) is 0 Å². The number of carbonyl (C=O) groups is 1. The van der Waals surface area contributed by atoms with Crippen LogP contribution < -0.4 is 15.0 Å². The molecular formula is C19H19NO4. The van der Waals surface area contributed by atoms with Gasteiger partial charge in [0.1, 0.15) is 0 Å². The van der Waals surface area contributed by atoms with Crippen LogP contribution in [-0.2, 0) is 19.4 Å². The lowest BCUT2D eigenvalue weighted by Gasteiger charge is -2.28. The molecule has 2 heterocycles. The number of nitrogens with zero attached hydrogens (tertiary/aromatic N) is 1. The summed E-state index contributed by atoms with van der Waals surface area (Å²) in [7, 11) is 3.20. The van der Waals surface area contributed by atoms with Crippen LogP contribution in [0.15, 0.2) is 23.0 Å². The van der Waals surface area contributed by atoms with Crippen LogP contribution in [0.5, 0.6) is 11.5 Å². The molecule has 5 nitrogen and oxygen atoms in total. The summed E-state index contributed by atoms with van der Waals surface area (Å²) in [5, 5.41) is 0. The zero-order valence-electron chi connectivity index (χ0n) is 13.8. The fourth-order valence-corrected chi connectivity index (χ4v) is 3.85. The predicted molar refractivity (Wildman–Crippen MR) is 90.2 cm³/mol.